The normalized spacial score (nSPS) is 10.7. The lowest BCUT2D eigenvalue weighted by Gasteiger charge is -2.06. The average molecular weight is 429 g/mol. The molecule has 2 aromatic carbocycles. The lowest BCUT2D eigenvalue weighted by molar-refractivity contribution is -0.119. The third kappa shape index (κ3) is 7.88. The van der Waals surface area contributed by atoms with Crippen molar-refractivity contribution in [3.05, 3.63) is 65.9 Å². The highest BCUT2D eigenvalue weighted by Gasteiger charge is 2.04. The van der Waals surface area contributed by atoms with E-state index in [1.165, 1.54) is 18.0 Å². The summed E-state index contributed by atoms with van der Waals surface area (Å²) in [5.74, 6) is 1.07. The number of hydrazone groups is 1. The van der Waals surface area contributed by atoms with Crippen molar-refractivity contribution in [1.29, 1.82) is 0 Å². The van der Waals surface area contributed by atoms with E-state index in [1.807, 2.05) is 42.5 Å². The fraction of sp³-hybridized carbons (Fsp3) is 0.190. The number of rotatable bonds is 11. The molecule has 0 aliphatic rings. The smallest absolute Gasteiger partial charge is 0.250 e. The highest BCUT2D eigenvalue weighted by atomic mass is 32.2. The average Bonchev–Trinajstić information content (AvgIpc) is 2.77. The molecule has 0 fully saturated rings. The number of nitrogens with one attached hydrogen (secondary N) is 3. The van der Waals surface area contributed by atoms with Crippen LogP contribution in [0.4, 0.5) is 0 Å². The second kappa shape index (κ2) is 12.9. The maximum atomic E-state index is 11.8. The Hall–Kier alpha value is -3.46. The highest BCUT2D eigenvalue weighted by Crippen LogP contribution is 2.18. The predicted octanol–water partition coefficient (Wildman–Crippen LogP) is 2.18. The zero-order valence-corrected chi connectivity index (χ0v) is 17.6. The topological polar surface area (TPSA) is 101 Å². The fourth-order valence-electron chi connectivity index (χ4n) is 2.31. The molecule has 0 atom stereocenters. The van der Waals surface area contributed by atoms with Crippen LogP contribution in [0, 0.1) is 0 Å². The second-order valence-electron chi connectivity index (χ2n) is 5.80. The van der Waals surface area contributed by atoms with Gasteiger partial charge < -0.3 is 14.9 Å². The van der Waals surface area contributed by atoms with Crippen molar-refractivity contribution in [2.75, 3.05) is 25.7 Å². The van der Waals surface area contributed by atoms with Crippen LogP contribution in [0.3, 0.4) is 0 Å². The van der Waals surface area contributed by atoms with E-state index in [2.05, 4.69) is 21.4 Å². The number of para-hydroxylation sites is 2. The molecule has 0 aliphatic carbocycles. The number of nitrogens with zero attached hydrogens (tertiary/aromatic N) is 1. The molecule has 3 N–H and O–H groups in total. The van der Waals surface area contributed by atoms with Crippen LogP contribution in [0.25, 0.3) is 6.08 Å². The van der Waals surface area contributed by atoms with E-state index in [0.717, 1.165) is 16.9 Å². The number of hydrogen-bond donors (Lipinski definition) is 3. The van der Waals surface area contributed by atoms with Crippen molar-refractivity contribution in [2.45, 2.75) is 0 Å². The van der Waals surface area contributed by atoms with Crippen LogP contribution in [-0.2, 0) is 9.59 Å². The number of carbonyl (C=O) groups is 2. The Morgan fingerprint density at radius 2 is 1.53 bits per heavy atom. The van der Waals surface area contributed by atoms with Crippen molar-refractivity contribution in [2.24, 2.45) is 5.10 Å². The van der Waals surface area contributed by atoms with Crippen LogP contribution in [0.1, 0.15) is 11.1 Å². The van der Waals surface area contributed by atoms with Gasteiger partial charge in [0.05, 0.1) is 31.9 Å². The van der Waals surface area contributed by atoms with Crippen LogP contribution in [0.2, 0.25) is 0 Å². The van der Waals surface area contributed by atoms with E-state index in [9.17, 15) is 9.59 Å². The van der Waals surface area contributed by atoms with Crippen LogP contribution >= 0.6 is 11.8 Å². The van der Waals surface area contributed by atoms with Crippen molar-refractivity contribution >= 4 is 35.9 Å². The summed E-state index contributed by atoms with van der Waals surface area (Å²) < 4.78 is 10.4. The first kappa shape index (κ1) is 22.8. The quantitative estimate of drug-likeness (QED) is 0.375. The molecular formula is C21H24N4O4S. The van der Waals surface area contributed by atoms with Crippen molar-refractivity contribution < 1.29 is 19.1 Å². The van der Waals surface area contributed by atoms with Crippen LogP contribution < -0.4 is 25.8 Å². The number of amides is 2. The molecule has 0 aromatic heterocycles. The number of methoxy groups -OCH3 is 2. The summed E-state index contributed by atoms with van der Waals surface area (Å²) >= 11 is 1.18. The summed E-state index contributed by atoms with van der Waals surface area (Å²) in [6, 6.07) is 14.8. The third-order valence-electron chi connectivity index (χ3n) is 3.69. The molecule has 8 nitrogen and oxygen atoms in total. The summed E-state index contributed by atoms with van der Waals surface area (Å²) in [4.78, 5) is 23.6. The second-order valence-corrected chi connectivity index (χ2v) is 6.78. The fourth-order valence-corrected chi connectivity index (χ4v) is 2.92. The van der Waals surface area contributed by atoms with E-state index < -0.39 is 0 Å². The Balaban J connectivity index is 1.63. The number of ether oxygens (including phenoxy) is 2. The Kier molecular flexibility index (Phi) is 9.81. The maximum absolute atomic E-state index is 11.8. The minimum atomic E-state index is -0.303. The standard InChI is InChI=1S/C21H24N4O4S/c1-28-18-9-5-3-7-16(18)11-12-22-24-20(26)14-30-15-21(27)25-23-13-17-8-4-6-10-19(17)29-2/h3-13,22H,14-15H2,1-2H3,(H,24,26)(H,25,27)/b12-11+,23-13-. The first-order valence-corrected chi connectivity index (χ1v) is 10.2. The molecule has 0 radical (unpaired) electrons. The molecule has 2 rings (SSSR count). The van der Waals surface area contributed by atoms with Gasteiger partial charge in [0.15, 0.2) is 0 Å². The van der Waals surface area contributed by atoms with E-state index >= 15 is 0 Å². The van der Waals surface area contributed by atoms with Gasteiger partial charge in [-0.25, -0.2) is 5.43 Å². The number of hydrazine groups is 1. The molecule has 30 heavy (non-hydrogen) atoms. The van der Waals surface area contributed by atoms with Gasteiger partial charge in [0, 0.05) is 17.3 Å². The maximum Gasteiger partial charge on any atom is 0.250 e. The van der Waals surface area contributed by atoms with Crippen LogP contribution in [0.5, 0.6) is 11.5 Å². The van der Waals surface area contributed by atoms with E-state index in [4.69, 9.17) is 9.47 Å². The molecule has 158 valence electrons. The molecule has 0 aliphatic heterocycles. The molecule has 0 saturated carbocycles. The molecule has 0 bridgehead atoms. The van der Waals surface area contributed by atoms with Gasteiger partial charge in [-0.2, -0.15) is 5.10 Å². The summed E-state index contributed by atoms with van der Waals surface area (Å²) in [5, 5.41) is 3.90. The Morgan fingerprint density at radius 3 is 2.23 bits per heavy atom. The zero-order chi connectivity index (χ0) is 21.6. The summed E-state index contributed by atoms with van der Waals surface area (Å²) in [5.41, 5.74) is 9.28. The van der Waals surface area contributed by atoms with Gasteiger partial charge in [-0.15, -0.1) is 11.8 Å². The van der Waals surface area contributed by atoms with Crippen molar-refractivity contribution in [1.82, 2.24) is 16.3 Å². The molecule has 9 heteroatoms. The van der Waals surface area contributed by atoms with Gasteiger partial charge in [0.2, 0.25) is 11.8 Å². The lowest BCUT2D eigenvalue weighted by Crippen LogP contribution is -2.35. The first-order chi connectivity index (χ1) is 14.6. The van der Waals surface area contributed by atoms with Crippen LogP contribution in [0.15, 0.2) is 59.8 Å². The molecule has 0 unspecified atom stereocenters. The Morgan fingerprint density at radius 1 is 0.933 bits per heavy atom. The molecule has 0 saturated heterocycles. The number of thioether (sulfide) groups is 1. The van der Waals surface area contributed by atoms with E-state index in [0.29, 0.717) is 5.75 Å². The van der Waals surface area contributed by atoms with Gasteiger partial charge in [0.1, 0.15) is 11.5 Å². The molecule has 2 amide bonds. The van der Waals surface area contributed by atoms with Crippen molar-refractivity contribution in [3.63, 3.8) is 0 Å². The van der Waals surface area contributed by atoms with E-state index in [-0.39, 0.29) is 23.3 Å². The van der Waals surface area contributed by atoms with Crippen molar-refractivity contribution in [3.8, 4) is 11.5 Å². The number of carbonyl (C=O) groups excluding carboxylic acids is 2. The largest absolute Gasteiger partial charge is 0.496 e. The lowest BCUT2D eigenvalue weighted by atomic mass is 10.2. The molecule has 0 heterocycles. The summed E-state index contributed by atoms with van der Waals surface area (Å²) in [6.07, 6.45) is 4.88. The van der Waals surface area contributed by atoms with Crippen LogP contribution in [-0.4, -0.2) is 43.8 Å². The Bertz CT molecular complexity index is 902. The monoisotopic (exact) mass is 428 g/mol. The Labute approximate surface area is 179 Å². The molecular weight excluding hydrogens is 404 g/mol. The number of benzene rings is 2. The van der Waals surface area contributed by atoms with Gasteiger partial charge in [0.25, 0.3) is 0 Å². The minimum absolute atomic E-state index is 0.105. The third-order valence-corrected chi connectivity index (χ3v) is 4.63. The van der Waals surface area contributed by atoms with Gasteiger partial charge in [-0.3, -0.25) is 15.0 Å². The highest BCUT2D eigenvalue weighted by molar-refractivity contribution is 8.00. The van der Waals surface area contributed by atoms with Gasteiger partial charge in [-0.05, 0) is 24.3 Å². The predicted molar refractivity (Wildman–Crippen MR) is 119 cm³/mol. The van der Waals surface area contributed by atoms with E-state index in [1.54, 1.807) is 32.6 Å². The molecule has 2 aromatic rings. The SMILES string of the molecule is COc1ccccc1/C=N\NC(=O)CSCC(=O)NN/C=C/c1ccccc1OC. The van der Waals surface area contributed by atoms with Gasteiger partial charge >= 0.3 is 0 Å². The zero-order valence-electron chi connectivity index (χ0n) is 16.8. The first-order valence-electron chi connectivity index (χ1n) is 9.00. The van der Waals surface area contributed by atoms with Gasteiger partial charge in [-0.1, -0.05) is 30.3 Å². The molecule has 0 spiro atoms. The summed E-state index contributed by atoms with van der Waals surface area (Å²) in [7, 11) is 3.16. The minimum Gasteiger partial charge on any atom is -0.496 e. The number of hydrogen-bond acceptors (Lipinski definition) is 7. The summed E-state index contributed by atoms with van der Waals surface area (Å²) in [6.45, 7) is 0.